The highest BCUT2D eigenvalue weighted by Gasteiger charge is 2.27. The zero-order chi connectivity index (χ0) is 21.1. The van der Waals surface area contributed by atoms with Gasteiger partial charge in [-0.25, -0.2) is 9.97 Å². The molecule has 2 aromatic heterocycles. The van der Waals surface area contributed by atoms with Gasteiger partial charge in [-0.05, 0) is 50.3 Å². The van der Waals surface area contributed by atoms with E-state index in [1.54, 1.807) is 13.1 Å². The highest BCUT2D eigenvalue weighted by atomic mass is 35.5. The number of aryl methyl sites for hydroxylation is 2. The molecule has 8 heteroatoms. The first kappa shape index (κ1) is 23.0. The zero-order valence-corrected chi connectivity index (χ0v) is 19.6. The highest BCUT2D eigenvalue weighted by molar-refractivity contribution is 7.13. The minimum Gasteiger partial charge on any atom is -0.457 e. The Kier molecular flexibility index (Phi) is 7.51. The molecule has 1 aromatic carbocycles. The Labute approximate surface area is 193 Å². The number of carbonyl (C=O) groups is 1. The molecule has 4 rings (SSSR count). The Hall–Kier alpha value is -2.64. The van der Waals surface area contributed by atoms with E-state index in [1.165, 1.54) is 11.3 Å². The van der Waals surface area contributed by atoms with E-state index in [2.05, 4.69) is 10.3 Å². The summed E-state index contributed by atoms with van der Waals surface area (Å²) in [4.78, 5) is 23.0. The van der Waals surface area contributed by atoms with Crippen molar-refractivity contribution in [3.63, 3.8) is 0 Å². The van der Waals surface area contributed by atoms with Crippen LogP contribution in [0.5, 0.6) is 11.5 Å². The van der Waals surface area contributed by atoms with Crippen LogP contribution in [0.4, 0.5) is 10.9 Å². The minimum absolute atomic E-state index is 0. The van der Waals surface area contributed by atoms with Gasteiger partial charge in [-0.15, -0.1) is 23.7 Å². The molecular formula is C23H27ClN4O2S. The summed E-state index contributed by atoms with van der Waals surface area (Å²) in [6.45, 7) is 6.51. The van der Waals surface area contributed by atoms with E-state index in [0.29, 0.717) is 5.82 Å². The third kappa shape index (κ3) is 5.35. The number of halogens is 1. The number of pyridine rings is 1. The molecule has 1 saturated heterocycles. The molecule has 0 bridgehead atoms. The number of ether oxygens (including phenoxy) is 1. The van der Waals surface area contributed by atoms with Gasteiger partial charge in [0.25, 0.3) is 0 Å². The Bertz CT molecular complexity index is 1040. The van der Waals surface area contributed by atoms with Gasteiger partial charge in [0, 0.05) is 31.1 Å². The molecule has 1 aliphatic rings. The maximum atomic E-state index is 12.0. The summed E-state index contributed by atoms with van der Waals surface area (Å²) in [7, 11) is 0. The van der Waals surface area contributed by atoms with Crippen molar-refractivity contribution in [3.8, 4) is 11.5 Å². The van der Waals surface area contributed by atoms with Gasteiger partial charge in [-0.2, -0.15) is 0 Å². The van der Waals surface area contributed by atoms with Gasteiger partial charge in [-0.1, -0.05) is 18.2 Å². The predicted octanol–water partition coefficient (Wildman–Crippen LogP) is 6.19. The number of hydrogen-bond acceptors (Lipinski definition) is 6. The third-order valence-electron chi connectivity index (χ3n) is 5.37. The number of amides is 1. The van der Waals surface area contributed by atoms with Crippen LogP contribution >= 0.6 is 23.7 Å². The van der Waals surface area contributed by atoms with Crippen molar-refractivity contribution in [2.45, 2.75) is 46.1 Å². The molecule has 1 fully saturated rings. The first-order valence-electron chi connectivity index (χ1n) is 10.2. The SMILES string of the molecule is CC(=O)N1CCCCC1c1csc(Nc2cc(Oc3c(C)cccc3C)ccn2)n1.Cl. The summed E-state index contributed by atoms with van der Waals surface area (Å²) in [5.41, 5.74) is 3.13. The van der Waals surface area contributed by atoms with Crippen LogP contribution in [-0.4, -0.2) is 27.3 Å². The van der Waals surface area contributed by atoms with Crippen molar-refractivity contribution in [2.75, 3.05) is 11.9 Å². The fraction of sp³-hybridized carbons (Fsp3) is 0.348. The molecule has 3 heterocycles. The van der Waals surface area contributed by atoms with E-state index in [1.807, 2.05) is 54.5 Å². The van der Waals surface area contributed by atoms with Crippen LogP contribution in [0.2, 0.25) is 0 Å². The van der Waals surface area contributed by atoms with Crippen molar-refractivity contribution >= 4 is 40.6 Å². The second-order valence-electron chi connectivity index (χ2n) is 7.63. The molecule has 0 spiro atoms. The lowest BCUT2D eigenvalue weighted by Gasteiger charge is -2.34. The topological polar surface area (TPSA) is 67.4 Å². The van der Waals surface area contributed by atoms with E-state index in [4.69, 9.17) is 9.72 Å². The zero-order valence-electron chi connectivity index (χ0n) is 17.9. The smallest absolute Gasteiger partial charge is 0.220 e. The van der Waals surface area contributed by atoms with E-state index >= 15 is 0 Å². The summed E-state index contributed by atoms with van der Waals surface area (Å²) >= 11 is 1.53. The van der Waals surface area contributed by atoms with Gasteiger partial charge in [0.15, 0.2) is 5.13 Å². The number of para-hydroxylation sites is 1. The second-order valence-corrected chi connectivity index (χ2v) is 8.48. The fourth-order valence-electron chi connectivity index (χ4n) is 3.84. The second kappa shape index (κ2) is 10.1. The molecule has 1 N–H and O–H groups in total. The number of nitrogens with one attached hydrogen (secondary N) is 1. The molecule has 6 nitrogen and oxygen atoms in total. The van der Waals surface area contributed by atoms with Crippen LogP contribution in [-0.2, 0) is 4.79 Å². The van der Waals surface area contributed by atoms with Crippen LogP contribution in [0.15, 0.2) is 41.9 Å². The van der Waals surface area contributed by atoms with Crippen LogP contribution in [0.1, 0.15) is 49.0 Å². The molecule has 3 aromatic rings. The summed E-state index contributed by atoms with van der Waals surface area (Å²) in [5, 5.41) is 6.07. The quantitative estimate of drug-likeness (QED) is 0.494. The average Bonchev–Trinajstić information content (AvgIpc) is 3.19. The van der Waals surface area contributed by atoms with Gasteiger partial charge >= 0.3 is 0 Å². The molecular weight excluding hydrogens is 432 g/mol. The van der Waals surface area contributed by atoms with Crippen molar-refractivity contribution < 1.29 is 9.53 Å². The normalized spacial score (nSPS) is 15.8. The molecule has 0 radical (unpaired) electrons. The van der Waals surface area contributed by atoms with Crippen LogP contribution in [0.25, 0.3) is 0 Å². The largest absolute Gasteiger partial charge is 0.457 e. The van der Waals surface area contributed by atoms with E-state index < -0.39 is 0 Å². The monoisotopic (exact) mass is 458 g/mol. The van der Waals surface area contributed by atoms with Crippen LogP contribution < -0.4 is 10.1 Å². The summed E-state index contributed by atoms with van der Waals surface area (Å²) in [6, 6.07) is 9.88. The Morgan fingerprint density at radius 2 is 2.00 bits per heavy atom. The summed E-state index contributed by atoms with van der Waals surface area (Å²) < 4.78 is 6.12. The van der Waals surface area contributed by atoms with E-state index in [-0.39, 0.29) is 24.4 Å². The first-order chi connectivity index (χ1) is 14.5. The Morgan fingerprint density at radius 3 is 2.74 bits per heavy atom. The number of likely N-dealkylation sites (tertiary alicyclic amines) is 1. The van der Waals surface area contributed by atoms with Crippen LogP contribution in [0.3, 0.4) is 0 Å². The Balaban J connectivity index is 0.00000272. The lowest BCUT2D eigenvalue weighted by atomic mass is 10.00. The van der Waals surface area contributed by atoms with Gasteiger partial charge in [0.2, 0.25) is 5.91 Å². The molecule has 0 saturated carbocycles. The lowest BCUT2D eigenvalue weighted by Crippen LogP contribution is -2.37. The maximum absolute atomic E-state index is 12.0. The highest BCUT2D eigenvalue weighted by Crippen LogP contribution is 2.34. The number of carbonyl (C=O) groups excluding carboxylic acids is 1. The Morgan fingerprint density at radius 1 is 1.23 bits per heavy atom. The molecule has 1 amide bonds. The van der Waals surface area contributed by atoms with Crippen molar-refractivity contribution in [2.24, 2.45) is 0 Å². The molecule has 1 aliphatic heterocycles. The number of anilines is 2. The average molecular weight is 459 g/mol. The number of benzene rings is 1. The summed E-state index contributed by atoms with van der Waals surface area (Å²) in [5.74, 6) is 2.37. The molecule has 164 valence electrons. The number of nitrogens with zero attached hydrogens (tertiary/aromatic N) is 3. The number of rotatable bonds is 5. The third-order valence-corrected chi connectivity index (χ3v) is 6.14. The lowest BCUT2D eigenvalue weighted by molar-refractivity contribution is -0.132. The predicted molar refractivity (Wildman–Crippen MR) is 127 cm³/mol. The summed E-state index contributed by atoms with van der Waals surface area (Å²) in [6.07, 6.45) is 4.86. The van der Waals surface area contributed by atoms with Gasteiger partial charge in [0.05, 0.1) is 11.7 Å². The van der Waals surface area contributed by atoms with Crippen molar-refractivity contribution in [1.82, 2.24) is 14.9 Å². The maximum Gasteiger partial charge on any atom is 0.220 e. The van der Waals surface area contributed by atoms with Crippen molar-refractivity contribution in [1.29, 1.82) is 0 Å². The molecule has 1 unspecified atom stereocenters. The van der Waals surface area contributed by atoms with Gasteiger partial charge in [-0.3, -0.25) is 4.79 Å². The minimum atomic E-state index is 0. The number of piperidine rings is 1. The van der Waals surface area contributed by atoms with E-state index in [9.17, 15) is 4.79 Å². The number of aromatic nitrogens is 2. The van der Waals surface area contributed by atoms with E-state index in [0.717, 1.165) is 59.3 Å². The molecule has 31 heavy (non-hydrogen) atoms. The van der Waals surface area contributed by atoms with Crippen molar-refractivity contribution in [3.05, 3.63) is 58.7 Å². The fourth-order valence-corrected chi connectivity index (χ4v) is 4.61. The van der Waals surface area contributed by atoms with Crippen LogP contribution in [0, 0.1) is 13.8 Å². The molecule has 0 aliphatic carbocycles. The molecule has 1 atom stereocenters. The first-order valence-corrected chi connectivity index (χ1v) is 11.1. The number of hydrogen-bond donors (Lipinski definition) is 1. The number of thiazole rings is 1. The van der Waals surface area contributed by atoms with Gasteiger partial charge in [0.1, 0.15) is 17.3 Å². The standard InChI is InChI=1S/C23H26N4O2S.ClH/c1-15-7-6-8-16(2)22(15)29-18-10-11-24-21(13-18)26-23-25-19(14-30-23)20-9-4-5-12-27(20)17(3)28;/h6-8,10-11,13-14,20H,4-5,9,12H2,1-3H3,(H,24,25,26);1H. The van der Waals surface area contributed by atoms with Gasteiger partial charge < -0.3 is 15.0 Å².